The van der Waals surface area contributed by atoms with Crippen LogP contribution in [0, 0.1) is 5.92 Å². The number of anilines is 1. The SMILES string of the molecule is CC1CCc2c(sc(NC(=O)c3cc(C(F)(F)F)nn3C)c2C(N)=O)C1. The van der Waals surface area contributed by atoms with Crippen molar-refractivity contribution in [1.29, 1.82) is 0 Å². The van der Waals surface area contributed by atoms with E-state index >= 15 is 0 Å². The summed E-state index contributed by atoms with van der Waals surface area (Å²) < 4.78 is 39.2. The number of aromatic nitrogens is 2. The number of primary amides is 1. The van der Waals surface area contributed by atoms with Crippen molar-refractivity contribution in [1.82, 2.24) is 9.78 Å². The summed E-state index contributed by atoms with van der Waals surface area (Å²) in [6.45, 7) is 2.10. The maximum Gasteiger partial charge on any atom is 0.435 e. The first kappa shape index (κ1) is 18.4. The predicted octanol–water partition coefficient (Wildman–Crippen LogP) is 2.98. The summed E-state index contributed by atoms with van der Waals surface area (Å²) in [5.41, 5.74) is 5.15. The van der Waals surface area contributed by atoms with Crippen molar-refractivity contribution >= 4 is 28.2 Å². The van der Waals surface area contributed by atoms with Gasteiger partial charge in [-0.2, -0.15) is 18.3 Å². The second-order valence-electron chi connectivity index (χ2n) is 6.41. The van der Waals surface area contributed by atoms with E-state index in [1.54, 1.807) is 0 Å². The van der Waals surface area contributed by atoms with Crippen LogP contribution >= 0.6 is 11.3 Å². The monoisotopic (exact) mass is 386 g/mol. The molecule has 3 N–H and O–H groups in total. The van der Waals surface area contributed by atoms with Crippen molar-refractivity contribution < 1.29 is 22.8 Å². The zero-order valence-electron chi connectivity index (χ0n) is 14.1. The van der Waals surface area contributed by atoms with E-state index in [9.17, 15) is 22.8 Å². The molecule has 1 aliphatic carbocycles. The van der Waals surface area contributed by atoms with Gasteiger partial charge in [-0.15, -0.1) is 11.3 Å². The van der Waals surface area contributed by atoms with Crippen molar-refractivity contribution in [2.24, 2.45) is 18.7 Å². The van der Waals surface area contributed by atoms with E-state index in [4.69, 9.17) is 5.73 Å². The zero-order chi connectivity index (χ0) is 19.2. The van der Waals surface area contributed by atoms with Gasteiger partial charge in [0.15, 0.2) is 5.69 Å². The molecule has 0 fully saturated rings. The van der Waals surface area contributed by atoms with Crippen LogP contribution in [0.25, 0.3) is 0 Å². The van der Waals surface area contributed by atoms with Crippen LogP contribution in [0.15, 0.2) is 6.07 Å². The van der Waals surface area contributed by atoms with E-state index in [0.717, 1.165) is 28.0 Å². The number of nitrogens with two attached hydrogens (primary N) is 1. The molecule has 1 aliphatic rings. The lowest BCUT2D eigenvalue weighted by molar-refractivity contribution is -0.141. The minimum Gasteiger partial charge on any atom is -0.365 e. The van der Waals surface area contributed by atoms with Gasteiger partial charge in [0.1, 0.15) is 10.7 Å². The molecule has 3 rings (SSSR count). The lowest BCUT2D eigenvalue weighted by Gasteiger charge is -2.18. The van der Waals surface area contributed by atoms with E-state index in [2.05, 4.69) is 17.3 Å². The van der Waals surface area contributed by atoms with Gasteiger partial charge in [0.2, 0.25) is 0 Å². The molecular weight excluding hydrogens is 369 g/mol. The standard InChI is InChI=1S/C16H17F3N4O2S/c1-7-3-4-8-10(5-7)26-15(12(8)13(20)24)21-14(25)9-6-11(16(17,18)19)22-23(9)2/h6-7H,3-5H2,1-2H3,(H2,20,24)(H,21,25). The van der Waals surface area contributed by atoms with Crippen LogP contribution in [0.1, 0.15) is 50.3 Å². The zero-order valence-corrected chi connectivity index (χ0v) is 14.9. The first-order valence-corrected chi connectivity index (χ1v) is 8.76. The Balaban J connectivity index is 1.93. The number of carbonyl (C=O) groups is 2. The van der Waals surface area contributed by atoms with Gasteiger partial charge in [-0.05, 0) is 30.7 Å². The van der Waals surface area contributed by atoms with Crippen molar-refractivity contribution in [3.05, 3.63) is 33.5 Å². The Kier molecular flexibility index (Phi) is 4.55. The highest BCUT2D eigenvalue weighted by molar-refractivity contribution is 7.17. The molecule has 2 amide bonds. The summed E-state index contributed by atoms with van der Waals surface area (Å²) in [6, 6.07) is 0.675. The fourth-order valence-electron chi connectivity index (χ4n) is 3.08. The van der Waals surface area contributed by atoms with Gasteiger partial charge in [0.25, 0.3) is 11.8 Å². The lowest BCUT2D eigenvalue weighted by Crippen LogP contribution is -2.20. The summed E-state index contributed by atoms with van der Waals surface area (Å²) in [6.07, 6.45) is -2.27. The highest BCUT2D eigenvalue weighted by atomic mass is 32.1. The topological polar surface area (TPSA) is 90.0 Å². The minimum atomic E-state index is -4.65. The number of nitrogens with zero attached hydrogens (tertiary/aromatic N) is 2. The third-order valence-corrected chi connectivity index (χ3v) is 5.56. The van der Waals surface area contributed by atoms with Crippen molar-refractivity contribution in [2.75, 3.05) is 5.32 Å². The van der Waals surface area contributed by atoms with Gasteiger partial charge in [-0.1, -0.05) is 6.92 Å². The van der Waals surface area contributed by atoms with E-state index in [1.165, 1.54) is 18.4 Å². The highest BCUT2D eigenvalue weighted by Gasteiger charge is 2.36. The second-order valence-corrected chi connectivity index (χ2v) is 7.52. The van der Waals surface area contributed by atoms with Crippen molar-refractivity contribution in [3.8, 4) is 0 Å². The summed E-state index contributed by atoms with van der Waals surface area (Å²) in [5, 5.41) is 6.13. The molecule has 0 saturated carbocycles. The van der Waals surface area contributed by atoms with Gasteiger partial charge in [-0.25, -0.2) is 0 Å². The largest absolute Gasteiger partial charge is 0.435 e. The smallest absolute Gasteiger partial charge is 0.365 e. The Bertz CT molecular complexity index is 885. The fourth-order valence-corrected chi connectivity index (χ4v) is 4.50. The van der Waals surface area contributed by atoms with Crippen LogP contribution in [0.5, 0.6) is 0 Å². The number of halogens is 3. The molecule has 0 saturated heterocycles. The Morgan fingerprint density at radius 3 is 2.69 bits per heavy atom. The molecule has 6 nitrogen and oxygen atoms in total. The Morgan fingerprint density at radius 1 is 1.42 bits per heavy atom. The van der Waals surface area contributed by atoms with Crippen LogP contribution in [-0.2, 0) is 26.1 Å². The Hall–Kier alpha value is -2.36. The van der Waals surface area contributed by atoms with Crippen LogP contribution in [-0.4, -0.2) is 21.6 Å². The molecule has 2 aromatic heterocycles. The predicted molar refractivity (Wildman–Crippen MR) is 90.2 cm³/mol. The molecule has 2 aromatic rings. The van der Waals surface area contributed by atoms with E-state index in [-0.39, 0.29) is 16.3 Å². The van der Waals surface area contributed by atoms with Gasteiger partial charge >= 0.3 is 6.18 Å². The summed E-state index contributed by atoms with van der Waals surface area (Å²) in [5.74, 6) is -0.977. The van der Waals surface area contributed by atoms with Crippen molar-refractivity contribution in [3.63, 3.8) is 0 Å². The first-order valence-electron chi connectivity index (χ1n) is 7.94. The quantitative estimate of drug-likeness (QED) is 0.850. The number of fused-ring (bicyclic) bond motifs is 1. The van der Waals surface area contributed by atoms with Gasteiger partial charge in [-0.3, -0.25) is 14.3 Å². The molecule has 2 heterocycles. The fraction of sp³-hybridized carbons (Fsp3) is 0.438. The number of hydrogen-bond donors (Lipinski definition) is 2. The number of rotatable bonds is 3. The number of hydrogen-bond acceptors (Lipinski definition) is 4. The summed E-state index contributed by atoms with van der Waals surface area (Å²) in [7, 11) is 1.25. The first-order chi connectivity index (χ1) is 12.1. The maximum atomic E-state index is 12.8. The molecular formula is C16H17F3N4O2S. The molecule has 0 aromatic carbocycles. The number of thiophene rings is 1. The molecule has 0 aliphatic heterocycles. The van der Waals surface area contributed by atoms with Crippen LogP contribution in [0.4, 0.5) is 18.2 Å². The average Bonchev–Trinajstić information content (AvgIpc) is 3.06. The third-order valence-electron chi connectivity index (χ3n) is 4.39. The van der Waals surface area contributed by atoms with Gasteiger partial charge in [0.05, 0.1) is 5.56 Å². The molecule has 0 bridgehead atoms. The van der Waals surface area contributed by atoms with Crippen LogP contribution < -0.4 is 11.1 Å². The Morgan fingerprint density at radius 2 is 2.12 bits per heavy atom. The molecule has 26 heavy (non-hydrogen) atoms. The highest BCUT2D eigenvalue weighted by Crippen LogP contribution is 2.39. The molecule has 1 unspecified atom stereocenters. The number of carbonyl (C=O) groups excluding carboxylic acids is 2. The van der Waals surface area contributed by atoms with Gasteiger partial charge < -0.3 is 11.1 Å². The molecule has 0 spiro atoms. The molecule has 1 atom stereocenters. The summed E-state index contributed by atoms with van der Waals surface area (Å²) >= 11 is 1.25. The second kappa shape index (κ2) is 6.42. The minimum absolute atomic E-state index is 0.253. The lowest BCUT2D eigenvalue weighted by atomic mass is 9.88. The van der Waals surface area contributed by atoms with E-state index in [0.29, 0.717) is 18.4 Å². The average molecular weight is 386 g/mol. The van der Waals surface area contributed by atoms with Crippen LogP contribution in [0.2, 0.25) is 0 Å². The maximum absolute atomic E-state index is 12.8. The number of aryl methyl sites for hydroxylation is 1. The number of alkyl halides is 3. The van der Waals surface area contributed by atoms with E-state index < -0.39 is 23.7 Å². The normalized spacial score (nSPS) is 17.0. The van der Waals surface area contributed by atoms with Gasteiger partial charge in [0, 0.05) is 18.0 Å². The molecule has 140 valence electrons. The summed E-state index contributed by atoms with van der Waals surface area (Å²) in [4.78, 5) is 25.3. The number of nitrogens with one attached hydrogen (secondary N) is 1. The van der Waals surface area contributed by atoms with E-state index in [1.807, 2.05) is 0 Å². The molecule has 0 radical (unpaired) electrons. The third kappa shape index (κ3) is 3.33. The van der Waals surface area contributed by atoms with Crippen LogP contribution in [0.3, 0.4) is 0 Å². The van der Waals surface area contributed by atoms with Crippen molar-refractivity contribution in [2.45, 2.75) is 32.4 Å². The number of amides is 2. The molecule has 10 heteroatoms. The Labute approximate surface area is 151 Å².